The first-order chi connectivity index (χ1) is 29.9. The van der Waals surface area contributed by atoms with Crippen LogP contribution in [0, 0.1) is 0 Å². The molecule has 2 nitrogen and oxygen atoms in total. The van der Waals surface area contributed by atoms with Crippen LogP contribution in [0.3, 0.4) is 0 Å². The predicted octanol–water partition coefficient (Wildman–Crippen LogP) is 14.8. The molecule has 1 aliphatic carbocycles. The van der Waals surface area contributed by atoms with Crippen molar-refractivity contribution in [3.05, 3.63) is 247 Å². The molecule has 1 aromatic heterocycles. The Morgan fingerprint density at radius 3 is 1.77 bits per heavy atom. The third-order valence-electron chi connectivity index (χ3n) is 11.5. The summed E-state index contributed by atoms with van der Waals surface area (Å²) in [6.45, 7) is 0. The minimum Gasteiger partial charge on any atom is -0.456 e. The van der Waals surface area contributed by atoms with Crippen LogP contribution in [-0.4, -0.2) is 0 Å². The van der Waals surface area contributed by atoms with E-state index in [0.29, 0.717) is 16.8 Å². The van der Waals surface area contributed by atoms with Gasteiger partial charge in [-0.3, -0.25) is 0 Å². The number of furan rings is 1. The highest BCUT2D eigenvalue weighted by atomic mass is 16.3. The van der Waals surface area contributed by atoms with E-state index in [9.17, 15) is 2.74 Å². The summed E-state index contributed by atoms with van der Waals surface area (Å²) in [5.74, 6) is 0. The number of anilines is 3. The summed E-state index contributed by atoms with van der Waals surface area (Å²) in [4.78, 5) is 2.01. The van der Waals surface area contributed by atoms with E-state index in [1.807, 2.05) is 71.6 Å². The van der Waals surface area contributed by atoms with Gasteiger partial charge in [-0.25, -0.2) is 0 Å². The van der Waals surface area contributed by atoms with Gasteiger partial charge in [-0.05, 0) is 98.6 Å². The van der Waals surface area contributed by atoms with Crippen LogP contribution in [-0.2, 0) is 5.41 Å². The summed E-state index contributed by atoms with van der Waals surface area (Å²) in [5.41, 5.74) is 12.9. The molecule has 0 unspecified atom stereocenters. The van der Waals surface area contributed by atoms with Gasteiger partial charge in [0.05, 0.1) is 16.6 Å². The summed E-state index contributed by atoms with van der Waals surface area (Å²) in [6, 6.07) is 67.8. The summed E-state index contributed by atoms with van der Waals surface area (Å²) in [5, 5.41) is 2.11. The number of benzene rings is 9. The van der Waals surface area contributed by atoms with Crippen molar-refractivity contribution in [1.29, 1.82) is 0 Å². The quantitative estimate of drug-likeness (QED) is 0.162. The maximum absolute atomic E-state index is 9.62. The smallest absolute Gasteiger partial charge is 0.135 e. The lowest BCUT2D eigenvalue weighted by molar-refractivity contribution is 0.669. The number of para-hydroxylation sites is 2. The minimum atomic E-state index is -0.672. The van der Waals surface area contributed by atoms with Gasteiger partial charge in [0.25, 0.3) is 0 Å². The highest BCUT2D eigenvalue weighted by molar-refractivity contribution is 6.06. The molecule has 1 aliphatic rings. The Kier molecular flexibility index (Phi) is 6.81. The zero-order valence-corrected chi connectivity index (χ0v) is 30.9. The monoisotopic (exact) mass is 731 g/mol. The van der Waals surface area contributed by atoms with E-state index in [0.717, 1.165) is 72.3 Å². The summed E-state index contributed by atoms with van der Waals surface area (Å²) >= 11 is 0. The zero-order valence-electron chi connectivity index (χ0n) is 34.9. The van der Waals surface area contributed by atoms with Gasteiger partial charge in [0.15, 0.2) is 0 Å². The third-order valence-corrected chi connectivity index (χ3v) is 11.5. The Bertz CT molecular complexity index is 3250. The van der Waals surface area contributed by atoms with Crippen LogP contribution in [0.4, 0.5) is 17.1 Å². The molecule has 0 radical (unpaired) electrons. The Balaban J connectivity index is 1.17. The molecule has 0 fully saturated rings. The highest BCUT2D eigenvalue weighted by Crippen LogP contribution is 2.57. The molecule has 10 aromatic rings. The van der Waals surface area contributed by atoms with Crippen LogP contribution in [0.15, 0.2) is 229 Å². The van der Waals surface area contributed by atoms with Crippen LogP contribution in [0.25, 0.3) is 55.3 Å². The molecule has 57 heavy (non-hydrogen) atoms. The van der Waals surface area contributed by atoms with E-state index in [2.05, 4.69) is 133 Å². The average molecular weight is 732 g/mol. The second-order valence-corrected chi connectivity index (χ2v) is 14.5. The van der Waals surface area contributed by atoms with Crippen molar-refractivity contribution < 1.29 is 9.90 Å². The molecule has 0 saturated heterocycles. The molecule has 0 aliphatic heterocycles. The van der Waals surface area contributed by atoms with Crippen molar-refractivity contribution in [2.75, 3.05) is 4.90 Å². The van der Waals surface area contributed by atoms with Gasteiger partial charge in [0.1, 0.15) is 11.2 Å². The van der Waals surface area contributed by atoms with Gasteiger partial charge in [0.2, 0.25) is 0 Å². The first kappa shape index (κ1) is 28.9. The minimum absolute atomic E-state index is 0.0963. The lowest BCUT2D eigenvalue weighted by Gasteiger charge is -2.35. The molecule has 11 rings (SSSR count). The third kappa shape index (κ3) is 5.26. The van der Waals surface area contributed by atoms with Gasteiger partial charge in [-0.1, -0.05) is 176 Å². The van der Waals surface area contributed by atoms with Gasteiger partial charge in [-0.15, -0.1) is 0 Å². The summed E-state index contributed by atoms with van der Waals surface area (Å²) in [6.07, 6.45) is 0. The van der Waals surface area contributed by atoms with E-state index >= 15 is 0 Å². The maximum atomic E-state index is 9.62. The van der Waals surface area contributed by atoms with Crippen LogP contribution in [0.1, 0.15) is 27.7 Å². The fourth-order valence-electron chi connectivity index (χ4n) is 8.97. The van der Waals surface area contributed by atoms with E-state index < -0.39 is 5.41 Å². The summed E-state index contributed by atoms with van der Waals surface area (Å²) in [7, 11) is 0. The molecule has 0 N–H and O–H groups in total. The van der Waals surface area contributed by atoms with Crippen molar-refractivity contribution >= 4 is 39.0 Å². The van der Waals surface area contributed by atoms with Gasteiger partial charge in [0, 0.05) is 27.7 Å². The first-order valence-electron chi connectivity index (χ1n) is 21.3. The van der Waals surface area contributed by atoms with E-state index in [1.165, 1.54) is 5.56 Å². The Morgan fingerprint density at radius 2 is 1.00 bits per heavy atom. The summed E-state index contributed by atoms with van der Waals surface area (Å²) < 4.78 is 43.0. The number of hydrogen-bond donors (Lipinski definition) is 0. The molecule has 9 aromatic carbocycles. The number of fused-ring (bicyclic) bond motifs is 6. The van der Waals surface area contributed by atoms with Crippen molar-refractivity contribution in [3.63, 3.8) is 0 Å². The SMILES string of the molecule is [2H]c1c([2H])c([2H])c(N(c2ccc(-c3ccc4oc5ccccc5c4c3)cc2)c2ccc3c(c2)C(c2ccccc2)(c2ccccc2)c2ccccc2-3)c(-c2ccccc2)c1[2H]. The Hall–Kier alpha value is -7.42. The largest absolute Gasteiger partial charge is 0.456 e. The van der Waals surface area contributed by atoms with Crippen LogP contribution in [0.2, 0.25) is 0 Å². The van der Waals surface area contributed by atoms with Crippen LogP contribution in [0.5, 0.6) is 0 Å². The number of hydrogen-bond acceptors (Lipinski definition) is 2. The first-order valence-corrected chi connectivity index (χ1v) is 19.3. The topological polar surface area (TPSA) is 16.4 Å². The lowest BCUT2D eigenvalue weighted by atomic mass is 9.67. The molecule has 268 valence electrons. The van der Waals surface area contributed by atoms with Gasteiger partial charge >= 0.3 is 0 Å². The molecular formula is C55H37NO. The van der Waals surface area contributed by atoms with Crippen molar-refractivity contribution in [2.24, 2.45) is 0 Å². The van der Waals surface area contributed by atoms with E-state index in [1.54, 1.807) is 0 Å². The zero-order chi connectivity index (χ0) is 41.2. The van der Waals surface area contributed by atoms with Crippen molar-refractivity contribution in [1.82, 2.24) is 0 Å². The molecule has 1 heterocycles. The average Bonchev–Trinajstić information content (AvgIpc) is 3.84. The highest BCUT2D eigenvalue weighted by Gasteiger charge is 2.46. The molecule has 0 amide bonds. The second kappa shape index (κ2) is 13.4. The molecule has 0 spiro atoms. The standard InChI is InChI=1S/C55H37NO/c1-4-16-39(17-5-1)45-22-11-14-26-52(45)56(43-31-28-38(29-32-43)40-30-35-54-49(36-40)48-24-12-15-27-53(48)57-54)44-33-34-47-46-23-10-13-25-50(46)55(51(47)37-44,41-18-6-2-7-19-41)42-20-8-3-9-21-42/h1-37H/i11D,14D,22D,26D. The van der Waals surface area contributed by atoms with Crippen LogP contribution >= 0.6 is 0 Å². The molecular weight excluding hydrogens is 691 g/mol. The van der Waals surface area contributed by atoms with Crippen molar-refractivity contribution in [3.8, 4) is 33.4 Å². The molecule has 0 saturated carbocycles. The van der Waals surface area contributed by atoms with Crippen molar-refractivity contribution in [2.45, 2.75) is 5.41 Å². The number of rotatable bonds is 7. The Morgan fingerprint density at radius 1 is 0.404 bits per heavy atom. The van der Waals surface area contributed by atoms with E-state index in [4.69, 9.17) is 7.16 Å². The lowest BCUT2D eigenvalue weighted by Crippen LogP contribution is -2.28. The predicted molar refractivity (Wildman–Crippen MR) is 237 cm³/mol. The van der Waals surface area contributed by atoms with E-state index in [-0.39, 0.29) is 24.2 Å². The molecule has 2 heteroatoms. The maximum Gasteiger partial charge on any atom is 0.135 e. The molecule has 0 atom stereocenters. The fraction of sp³-hybridized carbons (Fsp3) is 0.0182. The van der Waals surface area contributed by atoms with Gasteiger partial charge in [-0.2, -0.15) is 0 Å². The normalized spacial score (nSPS) is 13.7. The Labute approximate surface area is 338 Å². The fourth-order valence-corrected chi connectivity index (χ4v) is 8.97. The van der Waals surface area contributed by atoms with Gasteiger partial charge < -0.3 is 9.32 Å². The second-order valence-electron chi connectivity index (χ2n) is 14.5. The van der Waals surface area contributed by atoms with Crippen LogP contribution < -0.4 is 4.90 Å². The molecule has 0 bridgehead atoms. The number of nitrogens with zero attached hydrogens (tertiary/aromatic N) is 1.